The standard InChI is InChI=1S/C16H16FNO3/c17-13-5-1-11(2-6-13)10-21-14-7-3-12(4-8-14)15(18)9-16(19)20/h1-8,15H,9-10,18H2,(H,19,20). The van der Waals surface area contributed by atoms with Gasteiger partial charge in [-0.05, 0) is 35.4 Å². The summed E-state index contributed by atoms with van der Waals surface area (Å²) in [4.78, 5) is 10.6. The monoisotopic (exact) mass is 289 g/mol. The Bertz CT molecular complexity index is 596. The molecule has 0 saturated carbocycles. The van der Waals surface area contributed by atoms with Crippen molar-refractivity contribution in [1.82, 2.24) is 0 Å². The number of rotatable bonds is 6. The number of ether oxygens (including phenoxy) is 1. The molecule has 2 aromatic carbocycles. The van der Waals surface area contributed by atoms with Crippen LogP contribution in [0.15, 0.2) is 48.5 Å². The second-order valence-electron chi connectivity index (χ2n) is 4.69. The summed E-state index contributed by atoms with van der Waals surface area (Å²) in [6, 6.07) is 12.5. The predicted octanol–water partition coefficient (Wildman–Crippen LogP) is 2.88. The molecule has 0 radical (unpaired) electrons. The van der Waals surface area contributed by atoms with Gasteiger partial charge in [-0.15, -0.1) is 0 Å². The van der Waals surface area contributed by atoms with E-state index in [2.05, 4.69) is 0 Å². The van der Waals surface area contributed by atoms with Crippen LogP contribution in [0.3, 0.4) is 0 Å². The Morgan fingerprint density at radius 1 is 1.14 bits per heavy atom. The van der Waals surface area contributed by atoms with Crippen molar-refractivity contribution in [2.45, 2.75) is 19.1 Å². The molecule has 1 unspecified atom stereocenters. The lowest BCUT2D eigenvalue weighted by atomic mass is 10.0. The van der Waals surface area contributed by atoms with Gasteiger partial charge in [-0.2, -0.15) is 0 Å². The molecule has 0 saturated heterocycles. The lowest BCUT2D eigenvalue weighted by Gasteiger charge is -2.11. The van der Waals surface area contributed by atoms with Crippen molar-refractivity contribution in [2.24, 2.45) is 5.73 Å². The van der Waals surface area contributed by atoms with Gasteiger partial charge in [-0.25, -0.2) is 4.39 Å². The van der Waals surface area contributed by atoms with Gasteiger partial charge in [0.2, 0.25) is 0 Å². The van der Waals surface area contributed by atoms with Crippen LogP contribution in [0.25, 0.3) is 0 Å². The van der Waals surface area contributed by atoms with E-state index in [9.17, 15) is 9.18 Å². The topological polar surface area (TPSA) is 72.6 Å². The van der Waals surface area contributed by atoms with Crippen LogP contribution in [0.2, 0.25) is 0 Å². The molecule has 2 aromatic rings. The molecule has 0 fully saturated rings. The molecule has 0 aliphatic heterocycles. The Labute approximate surface area is 122 Å². The Hall–Kier alpha value is -2.40. The highest BCUT2D eigenvalue weighted by Crippen LogP contribution is 2.19. The maximum Gasteiger partial charge on any atom is 0.305 e. The van der Waals surface area contributed by atoms with Crippen molar-refractivity contribution in [3.63, 3.8) is 0 Å². The predicted molar refractivity (Wildman–Crippen MR) is 76.4 cm³/mol. The lowest BCUT2D eigenvalue weighted by Crippen LogP contribution is -2.14. The van der Waals surface area contributed by atoms with Gasteiger partial charge in [0.05, 0.1) is 6.42 Å². The zero-order valence-corrected chi connectivity index (χ0v) is 11.3. The fourth-order valence-electron chi connectivity index (χ4n) is 1.86. The third-order valence-electron chi connectivity index (χ3n) is 3.02. The number of nitrogens with two attached hydrogens (primary N) is 1. The Morgan fingerprint density at radius 3 is 2.33 bits per heavy atom. The highest BCUT2D eigenvalue weighted by molar-refractivity contribution is 5.67. The number of halogens is 1. The number of carboxylic acid groups (broad SMARTS) is 1. The maximum absolute atomic E-state index is 12.8. The fourth-order valence-corrected chi connectivity index (χ4v) is 1.86. The molecule has 0 spiro atoms. The first-order chi connectivity index (χ1) is 10.0. The summed E-state index contributed by atoms with van der Waals surface area (Å²) in [6.07, 6.45) is -0.115. The molecule has 4 nitrogen and oxygen atoms in total. The molecule has 0 aliphatic carbocycles. The molecular weight excluding hydrogens is 273 g/mol. The van der Waals surface area contributed by atoms with Crippen LogP contribution in [0.1, 0.15) is 23.6 Å². The molecule has 2 rings (SSSR count). The molecule has 110 valence electrons. The van der Waals surface area contributed by atoms with E-state index in [1.807, 2.05) is 0 Å². The molecular formula is C16H16FNO3. The Kier molecular flexibility index (Phi) is 4.90. The summed E-state index contributed by atoms with van der Waals surface area (Å²) in [5.41, 5.74) is 7.37. The highest BCUT2D eigenvalue weighted by Gasteiger charge is 2.10. The van der Waals surface area contributed by atoms with Crippen LogP contribution in [0.5, 0.6) is 5.75 Å². The third-order valence-corrected chi connectivity index (χ3v) is 3.02. The third kappa shape index (κ3) is 4.57. The number of hydrogen-bond acceptors (Lipinski definition) is 3. The maximum atomic E-state index is 12.8. The van der Waals surface area contributed by atoms with Crippen molar-refractivity contribution in [3.05, 3.63) is 65.5 Å². The van der Waals surface area contributed by atoms with E-state index in [-0.39, 0.29) is 12.2 Å². The fraction of sp³-hybridized carbons (Fsp3) is 0.188. The first kappa shape index (κ1) is 15.0. The van der Waals surface area contributed by atoms with Crippen molar-refractivity contribution in [2.75, 3.05) is 0 Å². The average Bonchev–Trinajstić information content (AvgIpc) is 2.46. The Balaban J connectivity index is 1.93. The molecule has 0 bridgehead atoms. The largest absolute Gasteiger partial charge is 0.489 e. The van der Waals surface area contributed by atoms with Crippen molar-refractivity contribution in [3.8, 4) is 5.75 Å². The van der Waals surface area contributed by atoms with Gasteiger partial charge in [0.25, 0.3) is 0 Å². The van der Waals surface area contributed by atoms with E-state index in [4.69, 9.17) is 15.6 Å². The van der Waals surface area contributed by atoms with E-state index in [0.29, 0.717) is 12.4 Å². The minimum Gasteiger partial charge on any atom is -0.489 e. The summed E-state index contributed by atoms with van der Waals surface area (Å²) in [5, 5.41) is 8.70. The van der Waals surface area contributed by atoms with E-state index >= 15 is 0 Å². The summed E-state index contributed by atoms with van der Waals surface area (Å²) >= 11 is 0. The normalized spacial score (nSPS) is 11.9. The summed E-state index contributed by atoms with van der Waals surface area (Å²) in [6.45, 7) is 0.334. The number of hydrogen-bond donors (Lipinski definition) is 2. The quantitative estimate of drug-likeness (QED) is 0.857. The second-order valence-corrected chi connectivity index (χ2v) is 4.69. The number of benzene rings is 2. The number of carboxylic acids is 1. The zero-order chi connectivity index (χ0) is 15.2. The van der Waals surface area contributed by atoms with E-state index < -0.39 is 12.0 Å². The zero-order valence-electron chi connectivity index (χ0n) is 11.3. The number of carbonyl (C=O) groups is 1. The smallest absolute Gasteiger partial charge is 0.305 e. The van der Waals surface area contributed by atoms with Crippen LogP contribution < -0.4 is 10.5 Å². The van der Waals surface area contributed by atoms with E-state index in [1.54, 1.807) is 36.4 Å². The molecule has 0 amide bonds. The SMILES string of the molecule is NC(CC(=O)O)c1ccc(OCc2ccc(F)cc2)cc1. The summed E-state index contributed by atoms with van der Waals surface area (Å²) < 4.78 is 18.3. The van der Waals surface area contributed by atoms with Crippen LogP contribution in [0, 0.1) is 5.82 Å². The van der Waals surface area contributed by atoms with Crippen LogP contribution >= 0.6 is 0 Å². The van der Waals surface area contributed by atoms with Gasteiger partial charge in [-0.3, -0.25) is 4.79 Å². The van der Waals surface area contributed by atoms with Gasteiger partial charge >= 0.3 is 5.97 Å². The molecule has 21 heavy (non-hydrogen) atoms. The molecule has 5 heteroatoms. The molecule has 3 N–H and O–H groups in total. The van der Waals surface area contributed by atoms with E-state index in [0.717, 1.165) is 11.1 Å². The van der Waals surface area contributed by atoms with Gasteiger partial charge in [0.1, 0.15) is 18.2 Å². The molecule has 1 atom stereocenters. The summed E-state index contributed by atoms with van der Waals surface area (Å²) in [7, 11) is 0. The average molecular weight is 289 g/mol. The lowest BCUT2D eigenvalue weighted by molar-refractivity contribution is -0.137. The van der Waals surface area contributed by atoms with Crippen molar-refractivity contribution < 1.29 is 19.0 Å². The van der Waals surface area contributed by atoms with Crippen LogP contribution in [0.4, 0.5) is 4.39 Å². The Morgan fingerprint density at radius 2 is 1.76 bits per heavy atom. The first-order valence-electron chi connectivity index (χ1n) is 6.49. The van der Waals surface area contributed by atoms with Gasteiger partial charge < -0.3 is 15.6 Å². The first-order valence-corrected chi connectivity index (χ1v) is 6.49. The van der Waals surface area contributed by atoms with Gasteiger partial charge in [0, 0.05) is 6.04 Å². The van der Waals surface area contributed by atoms with Crippen molar-refractivity contribution >= 4 is 5.97 Å². The molecule has 0 heterocycles. The van der Waals surface area contributed by atoms with Crippen LogP contribution in [-0.2, 0) is 11.4 Å². The van der Waals surface area contributed by atoms with E-state index in [1.165, 1.54) is 12.1 Å². The molecule has 0 aromatic heterocycles. The molecule has 0 aliphatic rings. The van der Waals surface area contributed by atoms with Gasteiger partial charge in [-0.1, -0.05) is 24.3 Å². The minimum absolute atomic E-state index is 0.115. The minimum atomic E-state index is -0.931. The van der Waals surface area contributed by atoms with Crippen molar-refractivity contribution in [1.29, 1.82) is 0 Å². The second kappa shape index (κ2) is 6.85. The number of aliphatic carboxylic acids is 1. The van der Waals surface area contributed by atoms with Gasteiger partial charge in [0.15, 0.2) is 0 Å². The highest BCUT2D eigenvalue weighted by atomic mass is 19.1. The summed E-state index contributed by atoms with van der Waals surface area (Å²) in [5.74, 6) is -0.569. The van der Waals surface area contributed by atoms with Crippen LogP contribution in [-0.4, -0.2) is 11.1 Å².